The van der Waals surface area contributed by atoms with Gasteiger partial charge in [-0.3, -0.25) is 4.79 Å². The van der Waals surface area contributed by atoms with Gasteiger partial charge >= 0.3 is 0 Å². The Morgan fingerprint density at radius 1 is 1.00 bits per heavy atom. The minimum Gasteiger partial charge on any atom is -0.489 e. The number of hydrogen-bond acceptors (Lipinski definition) is 3. The molecule has 0 amide bonds. The monoisotopic (exact) mass is 308 g/mol. The average Bonchev–Trinajstić information content (AvgIpc) is 2.72. The van der Waals surface area contributed by atoms with Gasteiger partial charge in [0.1, 0.15) is 0 Å². The maximum atomic E-state index is 12.3. The molecule has 0 aromatic heterocycles. The predicted molar refractivity (Wildman–Crippen MR) is 91.0 cm³/mol. The molecule has 3 rings (SSSR count). The number of carbonyl (C=O) groups is 1. The Kier molecular flexibility index (Phi) is 4.20. The lowest BCUT2D eigenvalue weighted by Crippen LogP contribution is -2.26. The van der Waals surface area contributed by atoms with Crippen molar-refractivity contribution in [3.05, 3.63) is 65.7 Å². The molecule has 0 bridgehead atoms. The quantitative estimate of drug-likeness (QED) is 0.623. The van der Waals surface area contributed by atoms with Crippen molar-refractivity contribution in [2.24, 2.45) is 5.41 Å². The van der Waals surface area contributed by atoms with Crippen molar-refractivity contribution in [3.63, 3.8) is 0 Å². The number of ether oxygens (including phenoxy) is 2. The number of rotatable bonds is 3. The summed E-state index contributed by atoms with van der Waals surface area (Å²) < 4.78 is 11.6. The Bertz CT molecular complexity index is 730. The first-order chi connectivity index (χ1) is 11.0. The summed E-state index contributed by atoms with van der Waals surface area (Å²) in [4.78, 5) is 12.3. The smallest absolute Gasteiger partial charge is 0.185 e. The molecule has 0 fully saturated rings. The van der Waals surface area contributed by atoms with E-state index in [1.807, 2.05) is 36.4 Å². The van der Waals surface area contributed by atoms with Gasteiger partial charge in [-0.2, -0.15) is 0 Å². The highest BCUT2D eigenvalue weighted by Gasteiger charge is 2.25. The first-order valence-corrected chi connectivity index (χ1v) is 7.71. The van der Waals surface area contributed by atoms with Crippen molar-refractivity contribution < 1.29 is 14.3 Å². The summed E-state index contributed by atoms with van der Waals surface area (Å²) in [6, 6.07) is 15.1. The first-order valence-electron chi connectivity index (χ1n) is 7.71. The van der Waals surface area contributed by atoms with Gasteiger partial charge in [0.15, 0.2) is 17.3 Å². The van der Waals surface area contributed by atoms with E-state index >= 15 is 0 Å². The topological polar surface area (TPSA) is 35.5 Å². The second-order valence-electron chi connectivity index (χ2n) is 6.51. The van der Waals surface area contributed by atoms with Crippen LogP contribution in [0.25, 0.3) is 6.08 Å². The summed E-state index contributed by atoms with van der Waals surface area (Å²) in [7, 11) is 0. The average molecular weight is 308 g/mol. The Hall–Kier alpha value is -2.55. The van der Waals surface area contributed by atoms with Crippen LogP contribution in [0.15, 0.2) is 54.6 Å². The van der Waals surface area contributed by atoms with Crippen molar-refractivity contribution in [1.29, 1.82) is 0 Å². The molecule has 0 atom stereocenters. The van der Waals surface area contributed by atoms with Crippen LogP contribution in [0.2, 0.25) is 0 Å². The second-order valence-corrected chi connectivity index (χ2v) is 6.51. The fourth-order valence-electron chi connectivity index (χ4n) is 2.31. The summed E-state index contributed by atoms with van der Waals surface area (Å²) in [5.41, 5.74) is 1.55. The molecule has 1 heterocycles. The van der Waals surface area contributed by atoms with Gasteiger partial charge in [0.2, 0.25) is 0 Å². The van der Waals surface area contributed by atoms with Crippen LogP contribution in [0.5, 0.6) is 11.5 Å². The molecule has 1 aliphatic rings. The van der Waals surface area contributed by atoms with Gasteiger partial charge < -0.3 is 9.47 Å². The molecule has 0 unspecified atom stereocenters. The largest absolute Gasteiger partial charge is 0.489 e. The maximum Gasteiger partial charge on any atom is 0.185 e. The lowest BCUT2D eigenvalue weighted by Gasteiger charge is -2.19. The molecule has 0 aliphatic carbocycles. The van der Waals surface area contributed by atoms with E-state index in [4.69, 9.17) is 9.47 Å². The summed E-state index contributed by atoms with van der Waals surface area (Å²) in [5.74, 6) is 1.28. The van der Waals surface area contributed by atoms with E-state index in [2.05, 4.69) is 13.8 Å². The highest BCUT2D eigenvalue weighted by Crippen LogP contribution is 2.34. The van der Waals surface area contributed by atoms with Crippen LogP contribution < -0.4 is 9.47 Å². The van der Waals surface area contributed by atoms with E-state index in [1.165, 1.54) is 0 Å². The van der Waals surface area contributed by atoms with Crippen LogP contribution in [0, 0.1) is 5.41 Å². The number of benzene rings is 2. The van der Waals surface area contributed by atoms with E-state index in [1.54, 1.807) is 24.3 Å². The summed E-state index contributed by atoms with van der Waals surface area (Å²) >= 11 is 0. The van der Waals surface area contributed by atoms with Crippen LogP contribution >= 0.6 is 0 Å². The highest BCUT2D eigenvalue weighted by molar-refractivity contribution is 6.07. The van der Waals surface area contributed by atoms with Crippen molar-refractivity contribution in [3.8, 4) is 11.5 Å². The zero-order valence-electron chi connectivity index (χ0n) is 13.4. The number of fused-ring (bicyclic) bond motifs is 1. The van der Waals surface area contributed by atoms with Crippen LogP contribution in [0.1, 0.15) is 29.8 Å². The standard InChI is InChI=1S/C20H20O3/c1-20(2)13-22-18-11-9-16(12-19(18)23-14-20)17(21)10-8-15-6-4-3-5-7-15/h3-12H,13-14H2,1-2H3/b10-8+. The molecule has 3 heteroatoms. The van der Waals surface area contributed by atoms with Crippen LogP contribution in [-0.4, -0.2) is 19.0 Å². The third-order valence-electron chi connectivity index (χ3n) is 3.69. The van der Waals surface area contributed by atoms with Crippen LogP contribution in [0.4, 0.5) is 0 Å². The number of ketones is 1. The molecule has 0 radical (unpaired) electrons. The molecule has 2 aromatic carbocycles. The molecule has 118 valence electrons. The van der Waals surface area contributed by atoms with Gasteiger partial charge in [0.25, 0.3) is 0 Å². The number of carbonyl (C=O) groups excluding carboxylic acids is 1. The molecule has 0 saturated carbocycles. The van der Waals surface area contributed by atoms with Crippen molar-refractivity contribution in [2.45, 2.75) is 13.8 Å². The van der Waals surface area contributed by atoms with Crippen molar-refractivity contribution in [1.82, 2.24) is 0 Å². The third-order valence-corrected chi connectivity index (χ3v) is 3.69. The molecule has 0 N–H and O–H groups in total. The molecular weight excluding hydrogens is 288 g/mol. The van der Waals surface area contributed by atoms with Gasteiger partial charge in [-0.1, -0.05) is 50.3 Å². The summed E-state index contributed by atoms with van der Waals surface area (Å²) in [5, 5.41) is 0. The van der Waals surface area contributed by atoms with Crippen LogP contribution in [0.3, 0.4) is 0 Å². The number of allylic oxidation sites excluding steroid dienone is 1. The minimum absolute atomic E-state index is 0.0452. The molecular formula is C20H20O3. The molecule has 2 aromatic rings. The molecule has 23 heavy (non-hydrogen) atoms. The SMILES string of the molecule is CC1(C)COc2ccc(C(=O)/C=C/c3ccccc3)cc2OC1. The van der Waals surface area contributed by atoms with Gasteiger partial charge in [-0.05, 0) is 29.8 Å². The highest BCUT2D eigenvalue weighted by atomic mass is 16.5. The Morgan fingerprint density at radius 2 is 1.70 bits per heavy atom. The summed E-state index contributed by atoms with van der Waals surface area (Å²) in [6.45, 7) is 5.35. The minimum atomic E-state index is -0.0521. The van der Waals surface area contributed by atoms with Gasteiger partial charge in [0, 0.05) is 11.0 Å². The second kappa shape index (κ2) is 6.29. The summed E-state index contributed by atoms with van der Waals surface area (Å²) in [6.07, 6.45) is 3.40. The van der Waals surface area contributed by atoms with Crippen LogP contribution in [-0.2, 0) is 0 Å². The molecule has 1 aliphatic heterocycles. The molecule has 3 nitrogen and oxygen atoms in total. The van der Waals surface area contributed by atoms with Gasteiger partial charge in [-0.25, -0.2) is 0 Å². The fourth-order valence-corrected chi connectivity index (χ4v) is 2.31. The normalized spacial score (nSPS) is 16.1. The Labute approximate surface area is 136 Å². The Balaban J connectivity index is 1.78. The van der Waals surface area contributed by atoms with Crippen molar-refractivity contribution >= 4 is 11.9 Å². The molecule has 0 saturated heterocycles. The van der Waals surface area contributed by atoms with Crippen molar-refractivity contribution in [2.75, 3.05) is 13.2 Å². The Morgan fingerprint density at radius 3 is 2.43 bits per heavy atom. The van der Waals surface area contributed by atoms with Gasteiger partial charge in [0.05, 0.1) is 13.2 Å². The zero-order chi connectivity index (χ0) is 16.3. The zero-order valence-corrected chi connectivity index (χ0v) is 13.4. The maximum absolute atomic E-state index is 12.3. The number of hydrogen-bond donors (Lipinski definition) is 0. The predicted octanol–water partition coefficient (Wildman–Crippen LogP) is 4.38. The lowest BCUT2D eigenvalue weighted by atomic mass is 9.97. The van der Waals surface area contributed by atoms with E-state index in [-0.39, 0.29) is 11.2 Å². The molecule has 0 spiro atoms. The van der Waals surface area contributed by atoms with E-state index in [0.717, 1.165) is 5.56 Å². The fraction of sp³-hybridized carbons (Fsp3) is 0.250. The lowest BCUT2D eigenvalue weighted by molar-refractivity contribution is 0.104. The van der Waals surface area contributed by atoms with E-state index < -0.39 is 0 Å². The first kappa shape index (κ1) is 15.3. The van der Waals surface area contributed by atoms with E-state index in [9.17, 15) is 4.79 Å². The third kappa shape index (κ3) is 3.81. The van der Waals surface area contributed by atoms with E-state index in [0.29, 0.717) is 30.3 Å². The van der Waals surface area contributed by atoms with Gasteiger partial charge in [-0.15, -0.1) is 0 Å².